The number of nitrogens with zero attached hydrogens (tertiary/aromatic N) is 1. The molecular weight excluding hydrogens is 293 g/mol. The lowest BCUT2D eigenvalue weighted by atomic mass is 10.2. The van der Waals surface area contributed by atoms with E-state index >= 15 is 0 Å². The number of halogens is 2. The number of aliphatic hydroxyl groups is 1. The molecular formula is C11H11BrFNO3. The Morgan fingerprint density at radius 2 is 2.41 bits per heavy atom. The molecule has 0 spiro atoms. The molecule has 1 heterocycles. The second-order valence-corrected chi connectivity index (χ2v) is 4.57. The van der Waals surface area contributed by atoms with Gasteiger partial charge in [0.2, 0.25) is 0 Å². The number of rotatable bonds is 3. The standard InChI is InChI=1S/C11H11BrFNO3/c12-9-2-1-7(3-10(9)13)14-4-8(5-15)17-11(14)6-16/h1-3,6,8,11,15H,4-5H2/t8-,11?/m1/s1. The van der Waals surface area contributed by atoms with Gasteiger partial charge in [-0.05, 0) is 34.1 Å². The Balaban J connectivity index is 2.25. The van der Waals surface area contributed by atoms with Crippen molar-refractivity contribution in [3.63, 3.8) is 0 Å². The summed E-state index contributed by atoms with van der Waals surface area (Å²) in [5.41, 5.74) is 0.554. The van der Waals surface area contributed by atoms with Crippen molar-refractivity contribution in [3.05, 3.63) is 28.5 Å². The highest BCUT2D eigenvalue weighted by Gasteiger charge is 2.32. The SMILES string of the molecule is O=CC1O[C@@H](CO)CN1c1ccc(Br)c(F)c1. The Labute approximate surface area is 106 Å². The Morgan fingerprint density at radius 3 is 3.00 bits per heavy atom. The molecule has 1 fully saturated rings. The largest absolute Gasteiger partial charge is 0.394 e. The van der Waals surface area contributed by atoms with Crippen molar-refractivity contribution in [2.24, 2.45) is 0 Å². The molecule has 4 nitrogen and oxygen atoms in total. The van der Waals surface area contributed by atoms with Crippen molar-refractivity contribution in [3.8, 4) is 0 Å². The van der Waals surface area contributed by atoms with Gasteiger partial charge in [0, 0.05) is 12.2 Å². The van der Waals surface area contributed by atoms with E-state index in [1.165, 1.54) is 6.07 Å². The maximum absolute atomic E-state index is 13.4. The van der Waals surface area contributed by atoms with E-state index < -0.39 is 18.1 Å². The van der Waals surface area contributed by atoms with Crippen LogP contribution in [0.15, 0.2) is 22.7 Å². The Morgan fingerprint density at radius 1 is 1.65 bits per heavy atom. The summed E-state index contributed by atoms with van der Waals surface area (Å²) in [4.78, 5) is 12.5. The fourth-order valence-corrected chi connectivity index (χ4v) is 2.01. The van der Waals surface area contributed by atoms with Gasteiger partial charge in [-0.3, -0.25) is 4.79 Å². The zero-order chi connectivity index (χ0) is 12.4. The topological polar surface area (TPSA) is 49.8 Å². The molecule has 0 aromatic heterocycles. The zero-order valence-corrected chi connectivity index (χ0v) is 10.4. The molecule has 1 saturated heterocycles. The smallest absolute Gasteiger partial charge is 0.187 e. The maximum Gasteiger partial charge on any atom is 0.187 e. The minimum absolute atomic E-state index is 0.167. The average Bonchev–Trinajstić information content (AvgIpc) is 2.76. The number of aliphatic hydroxyl groups excluding tert-OH is 1. The molecule has 1 aliphatic heterocycles. The van der Waals surface area contributed by atoms with E-state index in [2.05, 4.69) is 15.9 Å². The molecule has 1 aromatic rings. The Hall–Kier alpha value is -0.980. The van der Waals surface area contributed by atoms with Crippen LogP contribution >= 0.6 is 15.9 Å². The molecule has 1 unspecified atom stereocenters. The lowest BCUT2D eigenvalue weighted by Gasteiger charge is -2.20. The predicted octanol–water partition coefficient (Wildman–Crippen LogP) is 1.31. The highest BCUT2D eigenvalue weighted by molar-refractivity contribution is 9.10. The summed E-state index contributed by atoms with van der Waals surface area (Å²) in [6.45, 7) is 0.195. The van der Waals surface area contributed by atoms with Crippen LogP contribution in [0.1, 0.15) is 0 Å². The summed E-state index contributed by atoms with van der Waals surface area (Å²) in [5, 5.41) is 8.99. The van der Waals surface area contributed by atoms with Crippen LogP contribution in [0, 0.1) is 5.82 Å². The number of hydrogen-bond acceptors (Lipinski definition) is 4. The van der Waals surface area contributed by atoms with Gasteiger partial charge in [0.05, 0.1) is 11.1 Å². The van der Waals surface area contributed by atoms with E-state index in [1.54, 1.807) is 17.0 Å². The third-order valence-corrected chi connectivity index (χ3v) is 3.24. The molecule has 0 radical (unpaired) electrons. The van der Waals surface area contributed by atoms with Crippen LogP contribution < -0.4 is 4.90 Å². The highest BCUT2D eigenvalue weighted by atomic mass is 79.9. The number of carbonyl (C=O) groups is 1. The lowest BCUT2D eigenvalue weighted by molar-refractivity contribution is -0.117. The van der Waals surface area contributed by atoms with Gasteiger partial charge >= 0.3 is 0 Å². The molecule has 0 saturated carbocycles. The molecule has 17 heavy (non-hydrogen) atoms. The van der Waals surface area contributed by atoms with Crippen molar-refractivity contribution in [1.29, 1.82) is 0 Å². The van der Waals surface area contributed by atoms with Crippen molar-refractivity contribution >= 4 is 27.9 Å². The summed E-state index contributed by atoms with van der Waals surface area (Å²) in [6, 6.07) is 4.58. The van der Waals surface area contributed by atoms with Gasteiger partial charge in [-0.25, -0.2) is 4.39 Å². The van der Waals surface area contributed by atoms with Crippen LogP contribution in [0.3, 0.4) is 0 Å². The van der Waals surface area contributed by atoms with E-state index in [1.807, 2.05) is 0 Å². The third-order valence-electron chi connectivity index (χ3n) is 2.59. The normalized spacial score (nSPS) is 24.1. The van der Waals surface area contributed by atoms with Crippen LogP contribution in [0.25, 0.3) is 0 Å². The molecule has 92 valence electrons. The van der Waals surface area contributed by atoms with Gasteiger partial charge < -0.3 is 14.7 Å². The fourth-order valence-electron chi connectivity index (χ4n) is 1.76. The molecule has 1 aromatic carbocycles. The second-order valence-electron chi connectivity index (χ2n) is 3.72. The van der Waals surface area contributed by atoms with Crippen LogP contribution in [-0.2, 0) is 9.53 Å². The molecule has 1 N–H and O–H groups in total. The van der Waals surface area contributed by atoms with E-state index in [-0.39, 0.29) is 6.61 Å². The summed E-state index contributed by atoms with van der Waals surface area (Å²) in [7, 11) is 0. The first-order valence-electron chi connectivity index (χ1n) is 5.09. The van der Waals surface area contributed by atoms with Crippen LogP contribution in [-0.4, -0.2) is 36.9 Å². The molecule has 0 amide bonds. The number of carbonyl (C=O) groups excluding carboxylic acids is 1. The van der Waals surface area contributed by atoms with E-state index in [0.717, 1.165) is 0 Å². The zero-order valence-electron chi connectivity index (χ0n) is 8.85. The van der Waals surface area contributed by atoms with Gasteiger partial charge in [-0.15, -0.1) is 0 Å². The molecule has 2 rings (SSSR count). The Kier molecular flexibility index (Phi) is 3.76. The fraction of sp³-hybridized carbons (Fsp3) is 0.364. The maximum atomic E-state index is 13.4. The van der Waals surface area contributed by atoms with Crippen molar-refractivity contribution in [2.75, 3.05) is 18.1 Å². The predicted molar refractivity (Wildman–Crippen MR) is 63.3 cm³/mol. The van der Waals surface area contributed by atoms with E-state index in [4.69, 9.17) is 9.84 Å². The van der Waals surface area contributed by atoms with Crippen molar-refractivity contribution in [1.82, 2.24) is 0 Å². The van der Waals surface area contributed by atoms with Gasteiger partial charge in [0.15, 0.2) is 12.5 Å². The molecule has 2 atom stereocenters. The first kappa shape index (κ1) is 12.5. The minimum atomic E-state index is -0.771. The van der Waals surface area contributed by atoms with Crippen molar-refractivity contribution in [2.45, 2.75) is 12.3 Å². The average molecular weight is 304 g/mol. The minimum Gasteiger partial charge on any atom is -0.394 e. The van der Waals surface area contributed by atoms with Gasteiger partial charge in [0.1, 0.15) is 11.9 Å². The molecule has 6 heteroatoms. The van der Waals surface area contributed by atoms with Crippen molar-refractivity contribution < 1.29 is 19.0 Å². The van der Waals surface area contributed by atoms with E-state index in [9.17, 15) is 9.18 Å². The molecule has 0 bridgehead atoms. The second kappa shape index (κ2) is 5.12. The number of anilines is 1. The van der Waals surface area contributed by atoms with E-state index in [0.29, 0.717) is 23.0 Å². The number of aldehydes is 1. The summed E-state index contributed by atoms with van der Waals surface area (Å²) >= 11 is 3.06. The first-order valence-corrected chi connectivity index (χ1v) is 5.88. The first-order chi connectivity index (χ1) is 8.15. The van der Waals surface area contributed by atoms with Gasteiger partial charge in [-0.1, -0.05) is 0 Å². The summed E-state index contributed by atoms with van der Waals surface area (Å²) < 4.78 is 19.0. The Bertz CT molecular complexity index is 429. The monoisotopic (exact) mass is 303 g/mol. The van der Waals surface area contributed by atoms with Crippen LogP contribution in [0.4, 0.5) is 10.1 Å². The summed E-state index contributed by atoms with van der Waals surface area (Å²) in [5.74, 6) is -0.403. The highest BCUT2D eigenvalue weighted by Crippen LogP contribution is 2.27. The van der Waals surface area contributed by atoms with Gasteiger partial charge in [-0.2, -0.15) is 0 Å². The summed E-state index contributed by atoms with van der Waals surface area (Å²) in [6.07, 6.45) is -0.556. The number of ether oxygens (including phenoxy) is 1. The third kappa shape index (κ3) is 2.48. The number of benzene rings is 1. The lowest BCUT2D eigenvalue weighted by Crippen LogP contribution is -2.31. The molecule has 1 aliphatic rings. The van der Waals surface area contributed by atoms with Crippen LogP contribution in [0.2, 0.25) is 0 Å². The van der Waals surface area contributed by atoms with Crippen LogP contribution in [0.5, 0.6) is 0 Å². The molecule has 0 aliphatic carbocycles. The quantitative estimate of drug-likeness (QED) is 0.856. The van der Waals surface area contributed by atoms with Gasteiger partial charge in [0.25, 0.3) is 0 Å². The number of hydrogen-bond donors (Lipinski definition) is 1.